The minimum absolute atomic E-state index is 0.101. The summed E-state index contributed by atoms with van der Waals surface area (Å²) < 4.78 is 21.6. The molecule has 4 rings (SSSR count). The number of halogens is 2. The van der Waals surface area contributed by atoms with E-state index < -0.39 is 5.82 Å². The Hall–Kier alpha value is -2.91. The summed E-state index contributed by atoms with van der Waals surface area (Å²) in [6, 6.07) is 4.75. The molecule has 3 heterocycles. The zero-order valence-electron chi connectivity index (χ0n) is 19.8. The molecule has 34 heavy (non-hydrogen) atoms. The van der Waals surface area contributed by atoms with Crippen molar-refractivity contribution >= 4 is 23.2 Å². The van der Waals surface area contributed by atoms with Gasteiger partial charge in [0, 0.05) is 43.9 Å². The highest BCUT2D eigenvalue weighted by Crippen LogP contribution is 2.36. The van der Waals surface area contributed by atoms with E-state index in [-0.39, 0.29) is 10.9 Å². The fourth-order valence-corrected chi connectivity index (χ4v) is 4.45. The third kappa shape index (κ3) is 5.26. The third-order valence-electron chi connectivity index (χ3n) is 6.07. The second kappa shape index (κ2) is 10.6. The Morgan fingerprint density at radius 3 is 2.68 bits per heavy atom. The van der Waals surface area contributed by atoms with Gasteiger partial charge >= 0.3 is 0 Å². The number of hydrogen-bond donors (Lipinski definition) is 1. The number of aromatic nitrogens is 4. The number of piperidine rings is 1. The predicted octanol–water partition coefficient (Wildman–Crippen LogP) is 4.06. The zero-order valence-corrected chi connectivity index (χ0v) is 20.6. The van der Waals surface area contributed by atoms with E-state index in [1.807, 2.05) is 13.1 Å². The van der Waals surface area contributed by atoms with Crippen LogP contribution in [-0.4, -0.2) is 64.8 Å². The fraction of sp³-hybridized carbons (Fsp3) is 0.458. The van der Waals surface area contributed by atoms with Crippen molar-refractivity contribution in [3.8, 4) is 17.0 Å². The van der Waals surface area contributed by atoms with Crippen molar-refractivity contribution in [2.45, 2.75) is 32.2 Å². The molecule has 0 aliphatic carbocycles. The van der Waals surface area contributed by atoms with Crippen LogP contribution < -0.4 is 15.4 Å². The van der Waals surface area contributed by atoms with Gasteiger partial charge in [0.2, 0.25) is 5.75 Å². The zero-order chi connectivity index (χ0) is 24.2. The van der Waals surface area contributed by atoms with Gasteiger partial charge in [-0.05, 0) is 52.1 Å². The van der Waals surface area contributed by atoms with E-state index >= 15 is 0 Å². The summed E-state index contributed by atoms with van der Waals surface area (Å²) in [6.45, 7) is 5.74. The lowest BCUT2D eigenvalue weighted by Crippen LogP contribution is -2.35. The van der Waals surface area contributed by atoms with Gasteiger partial charge in [0.1, 0.15) is 18.0 Å². The molecule has 0 bridgehead atoms. The largest absolute Gasteiger partial charge is 0.487 e. The number of ether oxygens (including phenoxy) is 1. The first kappa shape index (κ1) is 24.2. The number of anilines is 2. The van der Waals surface area contributed by atoms with Crippen LogP contribution in [0.1, 0.15) is 31.5 Å². The molecule has 0 amide bonds. The molecule has 1 saturated heterocycles. The predicted molar refractivity (Wildman–Crippen MR) is 133 cm³/mol. The van der Waals surface area contributed by atoms with Gasteiger partial charge in [0.05, 0.1) is 17.3 Å². The van der Waals surface area contributed by atoms with Crippen molar-refractivity contribution in [1.29, 1.82) is 0 Å². The summed E-state index contributed by atoms with van der Waals surface area (Å²) in [5.41, 5.74) is 7.65. The molecule has 0 spiro atoms. The SMILES string of the molecule is CCOc1c(N)ncnc1N1CCC(c2nc(-c3ccc(F)c(Cl)c3)cn2CCN(C)C)CC1. The van der Waals surface area contributed by atoms with Crippen LogP contribution in [0.5, 0.6) is 5.75 Å². The van der Waals surface area contributed by atoms with Crippen molar-refractivity contribution in [2.75, 3.05) is 51.0 Å². The lowest BCUT2D eigenvalue weighted by atomic mass is 9.95. The summed E-state index contributed by atoms with van der Waals surface area (Å²) in [5, 5.41) is 0.101. The van der Waals surface area contributed by atoms with Gasteiger partial charge in [-0.1, -0.05) is 11.6 Å². The first-order valence-electron chi connectivity index (χ1n) is 11.5. The Morgan fingerprint density at radius 1 is 1.24 bits per heavy atom. The Morgan fingerprint density at radius 2 is 2.00 bits per heavy atom. The molecular weight excluding hydrogens is 457 g/mol. The highest BCUT2D eigenvalue weighted by atomic mass is 35.5. The van der Waals surface area contributed by atoms with Gasteiger partial charge in [0.15, 0.2) is 11.6 Å². The van der Waals surface area contributed by atoms with Crippen molar-refractivity contribution in [2.24, 2.45) is 0 Å². The Bertz CT molecular complexity index is 1130. The summed E-state index contributed by atoms with van der Waals surface area (Å²) in [5.74, 6) is 2.55. The monoisotopic (exact) mass is 487 g/mol. The van der Waals surface area contributed by atoms with Crippen molar-refractivity contribution < 1.29 is 9.13 Å². The average molecular weight is 488 g/mol. The molecule has 10 heteroatoms. The molecule has 0 unspecified atom stereocenters. The minimum Gasteiger partial charge on any atom is -0.487 e. The van der Waals surface area contributed by atoms with Crippen LogP contribution in [0.2, 0.25) is 5.02 Å². The highest BCUT2D eigenvalue weighted by Gasteiger charge is 2.28. The summed E-state index contributed by atoms with van der Waals surface area (Å²) in [7, 11) is 4.11. The van der Waals surface area contributed by atoms with Crippen molar-refractivity contribution in [3.05, 3.63) is 47.4 Å². The number of nitrogens with zero attached hydrogens (tertiary/aromatic N) is 6. The second-order valence-electron chi connectivity index (χ2n) is 8.72. The quantitative estimate of drug-likeness (QED) is 0.512. The van der Waals surface area contributed by atoms with Crippen molar-refractivity contribution in [3.63, 3.8) is 0 Å². The summed E-state index contributed by atoms with van der Waals surface area (Å²) in [4.78, 5) is 17.9. The van der Waals surface area contributed by atoms with Crippen LogP contribution >= 0.6 is 11.6 Å². The normalized spacial score (nSPS) is 14.7. The molecule has 1 fully saturated rings. The van der Waals surface area contributed by atoms with E-state index in [1.165, 1.54) is 12.4 Å². The molecule has 1 aromatic carbocycles. The van der Waals surface area contributed by atoms with Gasteiger partial charge in [-0.3, -0.25) is 0 Å². The van der Waals surface area contributed by atoms with Crippen LogP contribution in [0.15, 0.2) is 30.7 Å². The summed E-state index contributed by atoms with van der Waals surface area (Å²) in [6.07, 6.45) is 5.36. The first-order valence-corrected chi connectivity index (χ1v) is 11.9. The second-order valence-corrected chi connectivity index (χ2v) is 9.12. The van der Waals surface area contributed by atoms with Gasteiger partial charge in [-0.15, -0.1) is 0 Å². The van der Waals surface area contributed by atoms with Crippen LogP contribution in [0.4, 0.5) is 16.0 Å². The fourth-order valence-electron chi connectivity index (χ4n) is 4.27. The van der Waals surface area contributed by atoms with E-state index in [4.69, 9.17) is 27.1 Å². The van der Waals surface area contributed by atoms with Crippen LogP contribution in [0.3, 0.4) is 0 Å². The number of nitrogens with two attached hydrogens (primary N) is 1. The molecule has 2 N–H and O–H groups in total. The van der Waals surface area contributed by atoms with Gasteiger partial charge in [-0.2, -0.15) is 0 Å². The van der Waals surface area contributed by atoms with Gasteiger partial charge in [0.25, 0.3) is 0 Å². The van der Waals surface area contributed by atoms with Crippen molar-refractivity contribution in [1.82, 2.24) is 24.4 Å². The van der Waals surface area contributed by atoms with Crippen LogP contribution in [0, 0.1) is 5.82 Å². The molecular formula is C24H31ClFN7O. The van der Waals surface area contributed by atoms with E-state index in [0.717, 1.165) is 61.9 Å². The lowest BCUT2D eigenvalue weighted by molar-refractivity contribution is 0.337. The molecule has 0 saturated carbocycles. The minimum atomic E-state index is -0.429. The molecule has 0 radical (unpaired) electrons. The van der Waals surface area contributed by atoms with E-state index in [0.29, 0.717) is 18.2 Å². The average Bonchev–Trinajstić information content (AvgIpc) is 3.25. The maximum absolute atomic E-state index is 13.7. The molecule has 0 atom stereocenters. The molecule has 1 aliphatic heterocycles. The molecule has 182 valence electrons. The van der Waals surface area contributed by atoms with E-state index in [9.17, 15) is 4.39 Å². The number of nitrogen functional groups attached to an aromatic ring is 1. The number of rotatable bonds is 8. The van der Waals surface area contributed by atoms with Crippen LogP contribution in [0.25, 0.3) is 11.3 Å². The maximum Gasteiger partial charge on any atom is 0.204 e. The Balaban J connectivity index is 1.56. The Labute approximate surface area is 204 Å². The van der Waals surface area contributed by atoms with Gasteiger partial charge < -0.3 is 24.8 Å². The lowest BCUT2D eigenvalue weighted by Gasteiger charge is -2.33. The number of benzene rings is 1. The number of hydrogen-bond acceptors (Lipinski definition) is 7. The molecule has 3 aromatic rings. The van der Waals surface area contributed by atoms with E-state index in [1.54, 1.807) is 12.1 Å². The van der Waals surface area contributed by atoms with Gasteiger partial charge in [-0.25, -0.2) is 19.3 Å². The molecule has 2 aromatic heterocycles. The highest BCUT2D eigenvalue weighted by molar-refractivity contribution is 6.31. The smallest absolute Gasteiger partial charge is 0.204 e. The Kier molecular flexibility index (Phi) is 7.53. The van der Waals surface area contributed by atoms with E-state index in [2.05, 4.69) is 38.4 Å². The van der Waals surface area contributed by atoms with Crippen LogP contribution in [-0.2, 0) is 6.54 Å². The maximum atomic E-state index is 13.7. The molecule has 1 aliphatic rings. The number of likely N-dealkylation sites (N-methyl/N-ethyl adjacent to an activating group) is 1. The summed E-state index contributed by atoms with van der Waals surface area (Å²) >= 11 is 6.03. The number of imidazole rings is 1. The standard InChI is InChI=1S/C24H31ClFN7O/c1-4-34-21-22(27)28-15-29-24(21)32-9-7-16(8-10-32)23-30-20(14-33(23)12-11-31(2)3)17-5-6-19(26)18(25)13-17/h5-6,13-16H,4,7-12H2,1-3H3,(H2,27,28,29). The third-order valence-corrected chi connectivity index (χ3v) is 6.36. The topological polar surface area (TPSA) is 85.3 Å². The first-order chi connectivity index (χ1) is 16.4. The molecule has 8 nitrogen and oxygen atoms in total.